The first-order chi connectivity index (χ1) is 15.2. The molecule has 4 aromatic rings. The van der Waals surface area contributed by atoms with Crippen molar-refractivity contribution in [1.29, 1.82) is 0 Å². The van der Waals surface area contributed by atoms with Crippen LogP contribution in [-0.4, -0.2) is 13.1 Å². The van der Waals surface area contributed by atoms with E-state index in [0.29, 0.717) is 5.75 Å². The molecule has 0 atom stereocenters. The van der Waals surface area contributed by atoms with Crippen LogP contribution in [0.3, 0.4) is 0 Å². The van der Waals surface area contributed by atoms with Crippen molar-refractivity contribution < 1.29 is 14.6 Å². The molecule has 0 radical (unpaired) electrons. The zero-order chi connectivity index (χ0) is 22.1. The molecule has 0 fully saturated rings. The molecule has 31 heavy (non-hydrogen) atoms. The minimum Gasteiger partial charge on any atom is -0.857 e. The standard InChI is InChI=1S/C26H22O2P.CH3O/c1-21(27)28-25-19-11-12-20-26(25)29(22-13-5-2-6-14-22,23-15-7-3-8-16-23)24-17-9-4-10-18-24;1-2/h2-20H,1H3;1H3/q+1;-1. The maximum absolute atomic E-state index is 11.9. The summed E-state index contributed by atoms with van der Waals surface area (Å²) in [6, 6.07) is 39.5. The van der Waals surface area contributed by atoms with Gasteiger partial charge in [0, 0.05) is 6.92 Å². The van der Waals surface area contributed by atoms with Gasteiger partial charge in [0.2, 0.25) is 0 Å². The topological polar surface area (TPSA) is 49.4 Å². The first-order valence-corrected chi connectivity index (χ1v) is 11.8. The predicted molar refractivity (Wildman–Crippen MR) is 128 cm³/mol. The Labute approximate surface area is 184 Å². The minimum absolute atomic E-state index is 0.315. The lowest BCUT2D eigenvalue weighted by Gasteiger charge is -2.28. The van der Waals surface area contributed by atoms with Crippen molar-refractivity contribution in [3.8, 4) is 5.75 Å². The van der Waals surface area contributed by atoms with Crippen LogP contribution in [0.1, 0.15) is 6.92 Å². The van der Waals surface area contributed by atoms with Crippen LogP contribution in [0.2, 0.25) is 0 Å². The Morgan fingerprint density at radius 2 is 0.968 bits per heavy atom. The second kappa shape index (κ2) is 10.7. The Kier molecular flexibility index (Phi) is 7.72. The summed E-state index contributed by atoms with van der Waals surface area (Å²) in [5.41, 5.74) is 0. The van der Waals surface area contributed by atoms with Gasteiger partial charge in [-0.05, 0) is 48.5 Å². The monoisotopic (exact) mass is 428 g/mol. The molecular formula is C27H25O3P. The van der Waals surface area contributed by atoms with E-state index in [2.05, 4.69) is 78.9 Å². The molecule has 156 valence electrons. The van der Waals surface area contributed by atoms with Gasteiger partial charge in [-0.1, -0.05) is 66.7 Å². The second-order valence-corrected chi connectivity index (χ2v) is 10.1. The Hall–Kier alpha value is -3.26. The van der Waals surface area contributed by atoms with E-state index in [1.54, 1.807) is 0 Å². The maximum atomic E-state index is 11.9. The number of rotatable bonds is 5. The molecule has 4 rings (SSSR count). The van der Waals surface area contributed by atoms with Crippen LogP contribution < -0.4 is 31.1 Å². The van der Waals surface area contributed by atoms with Gasteiger partial charge in [0.1, 0.15) is 23.2 Å². The molecule has 0 aliphatic heterocycles. The van der Waals surface area contributed by atoms with Gasteiger partial charge in [0.15, 0.2) is 11.1 Å². The van der Waals surface area contributed by atoms with E-state index >= 15 is 0 Å². The number of ether oxygens (including phenoxy) is 1. The van der Waals surface area contributed by atoms with Crippen LogP contribution in [0, 0.1) is 0 Å². The highest BCUT2D eigenvalue weighted by Gasteiger charge is 2.49. The fraction of sp³-hybridized carbons (Fsp3) is 0.0741. The molecule has 0 heterocycles. The Balaban J connectivity index is 0.00000132. The molecule has 0 N–H and O–H groups in total. The number of carbonyl (C=O) groups is 1. The largest absolute Gasteiger partial charge is 0.857 e. The van der Waals surface area contributed by atoms with Crippen LogP contribution in [-0.2, 0) is 4.79 Å². The molecule has 0 aliphatic carbocycles. The average molecular weight is 428 g/mol. The molecule has 4 aromatic carbocycles. The molecule has 0 bridgehead atoms. The van der Waals surface area contributed by atoms with Gasteiger partial charge in [-0.3, -0.25) is 4.79 Å². The number of hydrogen-bond donors (Lipinski definition) is 0. The predicted octanol–water partition coefficient (Wildman–Crippen LogP) is 3.21. The molecule has 0 aliphatic rings. The van der Waals surface area contributed by atoms with Gasteiger partial charge >= 0.3 is 5.97 Å². The number of carbonyl (C=O) groups excluding carboxylic acids is 1. The molecule has 4 heteroatoms. The van der Waals surface area contributed by atoms with Gasteiger partial charge in [-0.2, -0.15) is 7.11 Å². The van der Waals surface area contributed by atoms with Gasteiger partial charge in [-0.25, -0.2) is 0 Å². The first-order valence-electron chi connectivity index (χ1n) is 9.97. The van der Waals surface area contributed by atoms with E-state index in [1.165, 1.54) is 22.8 Å². The summed E-state index contributed by atoms with van der Waals surface area (Å²) in [7, 11) is -1.53. The zero-order valence-electron chi connectivity index (χ0n) is 17.6. The van der Waals surface area contributed by atoms with E-state index in [9.17, 15) is 4.79 Å². The van der Waals surface area contributed by atoms with E-state index in [4.69, 9.17) is 9.84 Å². The van der Waals surface area contributed by atoms with Crippen molar-refractivity contribution in [2.45, 2.75) is 6.92 Å². The van der Waals surface area contributed by atoms with Gasteiger partial charge in [-0.15, -0.1) is 0 Å². The van der Waals surface area contributed by atoms with E-state index in [0.717, 1.165) is 12.4 Å². The lowest BCUT2D eigenvalue weighted by atomic mass is 10.3. The summed E-state index contributed by atoms with van der Waals surface area (Å²) >= 11 is 0. The van der Waals surface area contributed by atoms with Crippen molar-refractivity contribution in [1.82, 2.24) is 0 Å². The average Bonchev–Trinajstić information content (AvgIpc) is 2.84. The summed E-state index contributed by atoms with van der Waals surface area (Å²) in [6.45, 7) is 1.45. The van der Waals surface area contributed by atoms with Crippen molar-refractivity contribution in [3.63, 3.8) is 0 Å². The number of para-hydroxylation sites is 1. The SMILES string of the molecule is CC(=O)Oc1ccccc1[P+](c1ccccc1)(c1ccccc1)c1ccccc1.C[O-]. The number of esters is 1. The summed E-state index contributed by atoms with van der Waals surface area (Å²) in [6.07, 6.45) is 0. The van der Waals surface area contributed by atoms with E-state index in [-0.39, 0.29) is 5.97 Å². The fourth-order valence-corrected chi connectivity index (χ4v) is 8.14. The normalized spacial score (nSPS) is 10.5. The third-order valence-electron chi connectivity index (χ3n) is 4.91. The van der Waals surface area contributed by atoms with Crippen LogP contribution in [0.5, 0.6) is 5.75 Å². The maximum Gasteiger partial charge on any atom is 0.308 e. The van der Waals surface area contributed by atoms with Crippen molar-refractivity contribution in [2.24, 2.45) is 0 Å². The summed E-state index contributed by atoms with van der Waals surface area (Å²) in [4.78, 5) is 11.9. The van der Waals surface area contributed by atoms with Crippen LogP contribution >= 0.6 is 7.26 Å². The van der Waals surface area contributed by atoms with Crippen LogP contribution in [0.25, 0.3) is 0 Å². The van der Waals surface area contributed by atoms with E-state index in [1.807, 2.05) is 36.4 Å². The second-order valence-electron chi connectivity index (χ2n) is 6.74. The number of benzene rings is 4. The molecule has 0 saturated carbocycles. The third kappa shape index (κ3) is 4.59. The first kappa shape index (κ1) is 22.4. The fourth-order valence-electron chi connectivity index (χ4n) is 3.79. The molecular weight excluding hydrogens is 403 g/mol. The minimum atomic E-state index is -2.28. The Morgan fingerprint density at radius 1 is 0.613 bits per heavy atom. The molecule has 0 spiro atoms. The zero-order valence-corrected chi connectivity index (χ0v) is 18.5. The van der Waals surface area contributed by atoms with Gasteiger partial charge < -0.3 is 9.84 Å². The van der Waals surface area contributed by atoms with Crippen LogP contribution in [0.15, 0.2) is 115 Å². The summed E-state index contributed by atoms with van der Waals surface area (Å²) < 4.78 is 5.70. The Bertz CT molecular complexity index is 1000. The third-order valence-corrected chi connectivity index (χ3v) is 9.22. The summed E-state index contributed by atoms with van der Waals surface area (Å²) in [5.74, 6) is 0.301. The molecule has 0 unspecified atom stereocenters. The lowest BCUT2D eigenvalue weighted by Crippen LogP contribution is -2.39. The molecule has 3 nitrogen and oxygen atoms in total. The van der Waals surface area contributed by atoms with Gasteiger partial charge in [0.25, 0.3) is 0 Å². The highest BCUT2D eigenvalue weighted by Crippen LogP contribution is 2.56. The quantitative estimate of drug-likeness (QED) is 0.279. The van der Waals surface area contributed by atoms with Crippen molar-refractivity contribution in [2.75, 3.05) is 7.11 Å². The van der Waals surface area contributed by atoms with Crippen molar-refractivity contribution >= 4 is 34.4 Å². The molecule has 0 saturated heterocycles. The van der Waals surface area contributed by atoms with E-state index < -0.39 is 7.26 Å². The number of hydrogen-bond acceptors (Lipinski definition) is 3. The lowest BCUT2D eigenvalue weighted by molar-refractivity contribution is -0.325. The molecule has 0 aromatic heterocycles. The molecule has 0 amide bonds. The smallest absolute Gasteiger partial charge is 0.308 e. The Morgan fingerprint density at radius 3 is 1.35 bits per heavy atom. The summed E-state index contributed by atoms with van der Waals surface area (Å²) in [5, 5.41) is 12.9. The van der Waals surface area contributed by atoms with Crippen LogP contribution in [0.4, 0.5) is 0 Å². The van der Waals surface area contributed by atoms with Gasteiger partial charge in [0.05, 0.1) is 0 Å². The highest BCUT2D eigenvalue weighted by atomic mass is 31.2. The highest BCUT2D eigenvalue weighted by molar-refractivity contribution is 8.01. The van der Waals surface area contributed by atoms with Crippen molar-refractivity contribution in [3.05, 3.63) is 115 Å².